The Morgan fingerprint density at radius 2 is 1.83 bits per heavy atom. The second-order valence-electron chi connectivity index (χ2n) is 6.68. The molecule has 0 spiro atoms. The van der Waals surface area contributed by atoms with Crippen LogP contribution in [-0.4, -0.2) is 20.7 Å². The molecule has 1 aliphatic heterocycles. The molecule has 6 nitrogen and oxygen atoms in total. The highest BCUT2D eigenvalue weighted by Gasteiger charge is 2.18. The summed E-state index contributed by atoms with van der Waals surface area (Å²) >= 11 is 1.14. The second kappa shape index (κ2) is 6.79. The van der Waals surface area contributed by atoms with Gasteiger partial charge in [-0.25, -0.2) is 0 Å². The quantitative estimate of drug-likeness (QED) is 0.516. The van der Waals surface area contributed by atoms with E-state index in [1.54, 1.807) is 18.2 Å². The topological polar surface area (TPSA) is 73.6 Å². The van der Waals surface area contributed by atoms with E-state index in [1.165, 1.54) is 4.52 Å². The predicted octanol–water partition coefficient (Wildman–Crippen LogP) is 2.54. The van der Waals surface area contributed by atoms with Crippen LogP contribution in [0.25, 0.3) is 28.4 Å². The minimum absolute atomic E-state index is 0.159. The number of aromatic nitrogens is 3. The van der Waals surface area contributed by atoms with Crippen molar-refractivity contribution in [2.45, 2.75) is 13.0 Å². The van der Waals surface area contributed by atoms with Crippen LogP contribution in [0.1, 0.15) is 12.5 Å². The first-order valence-electron chi connectivity index (χ1n) is 9.08. The molecule has 0 amide bonds. The van der Waals surface area contributed by atoms with Crippen molar-refractivity contribution in [3.8, 4) is 17.0 Å². The zero-order chi connectivity index (χ0) is 20.0. The predicted molar refractivity (Wildman–Crippen MR) is 113 cm³/mol. The number of thiazole rings is 1. The largest absolute Gasteiger partial charge is 0.485 e. The Labute approximate surface area is 169 Å². The summed E-state index contributed by atoms with van der Waals surface area (Å²) in [6, 6.07) is 16.8. The number of hydrogen-bond acceptors (Lipinski definition) is 6. The Balaban J connectivity index is 1.67. The van der Waals surface area contributed by atoms with Gasteiger partial charge in [-0.1, -0.05) is 59.9 Å². The lowest BCUT2D eigenvalue weighted by molar-refractivity contribution is 0.259. The van der Waals surface area contributed by atoms with Crippen LogP contribution in [0.2, 0.25) is 0 Å². The van der Waals surface area contributed by atoms with Crippen LogP contribution in [0.4, 0.5) is 0 Å². The number of ether oxygens (including phenoxy) is 1. The number of benzene rings is 2. The molecule has 0 fully saturated rings. The minimum Gasteiger partial charge on any atom is -0.485 e. The lowest BCUT2D eigenvalue weighted by Gasteiger charge is -2.22. The maximum atomic E-state index is 12.9. The van der Waals surface area contributed by atoms with E-state index >= 15 is 0 Å². The van der Waals surface area contributed by atoms with Crippen molar-refractivity contribution in [2.24, 2.45) is 0 Å². The zero-order valence-electron chi connectivity index (χ0n) is 15.4. The normalized spacial score (nSPS) is 16.4. The summed E-state index contributed by atoms with van der Waals surface area (Å²) in [6.45, 7) is 1.93. The molecule has 7 heteroatoms. The molecule has 0 saturated heterocycles. The smallest absolute Gasteiger partial charge is 0.300 e. The number of hydrogen-bond donors (Lipinski definition) is 0. The van der Waals surface area contributed by atoms with E-state index in [-0.39, 0.29) is 22.3 Å². The lowest BCUT2D eigenvalue weighted by Crippen LogP contribution is -2.28. The van der Waals surface area contributed by atoms with Crippen LogP contribution in [0, 0.1) is 0 Å². The lowest BCUT2D eigenvalue weighted by atomic mass is 10.0. The molecule has 0 N–H and O–H groups in total. The number of rotatable bonds is 2. The first-order valence-corrected chi connectivity index (χ1v) is 9.90. The molecular weight excluding hydrogens is 386 g/mol. The van der Waals surface area contributed by atoms with E-state index in [0.29, 0.717) is 10.1 Å². The summed E-state index contributed by atoms with van der Waals surface area (Å²) in [7, 11) is 0. The monoisotopic (exact) mass is 401 g/mol. The summed E-state index contributed by atoms with van der Waals surface area (Å²) in [6.07, 6.45) is 3.60. The van der Waals surface area contributed by atoms with Crippen molar-refractivity contribution >= 4 is 28.4 Å². The van der Waals surface area contributed by atoms with Gasteiger partial charge in [0.25, 0.3) is 5.56 Å². The molecule has 2 aromatic carbocycles. The first-order chi connectivity index (χ1) is 14.1. The number of para-hydroxylation sites is 1. The summed E-state index contributed by atoms with van der Waals surface area (Å²) in [5.41, 5.74) is 1.87. The minimum atomic E-state index is -0.452. The summed E-state index contributed by atoms with van der Waals surface area (Å²) < 4.78 is 7.59. The molecule has 2 aromatic heterocycles. The highest BCUT2D eigenvalue weighted by Crippen LogP contribution is 2.29. The van der Waals surface area contributed by atoms with Gasteiger partial charge in [-0.3, -0.25) is 9.59 Å². The van der Waals surface area contributed by atoms with Gasteiger partial charge >= 0.3 is 5.56 Å². The maximum Gasteiger partial charge on any atom is 0.300 e. The molecule has 0 bridgehead atoms. The Kier molecular flexibility index (Phi) is 4.10. The third-order valence-electron chi connectivity index (χ3n) is 4.74. The van der Waals surface area contributed by atoms with Crippen molar-refractivity contribution in [3.63, 3.8) is 0 Å². The zero-order valence-corrected chi connectivity index (χ0v) is 16.2. The van der Waals surface area contributed by atoms with Crippen molar-refractivity contribution in [3.05, 3.63) is 91.0 Å². The average Bonchev–Trinajstić information content (AvgIpc) is 3.03. The Hall–Kier alpha value is -3.58. The van der Waals surface area contributed by atoms with Gasteiger partial charge in [0, 0.05) is 11.1 Å². The Morgan fingerprint density at radius 1 is 1.07 bits per heavy atom. The third kappa shape index (κ3) is 3.05. The molecule has 142 valence electrons. The van der Waals surface area contributed by atoms with Crippen molar-refractivity contribution in [1.82, 2.24) is 14.6 Å². The molecule has 0 radical (unpaired) electrons. The highest BCUT2D eigenvalue weighted by atomic mass is 32.1. The second-order valence-corrected chi connectivity index (χ2v) is 7.69. The maximum absolute atomic E-state index is 12.9. The molecule has 1 atom stereocenters. The fourth-order valence-corrected chi connectivity index (χ4v) is 4.16. The SMILES string of the molecule is C[C@H]1Oc2ccccc2C=C1/C=c1\sc2nc(=O)c(-c3ccccc3)nn2c1=O. The van der Waals surface area contributed by atoms with E-state index in [9.17, 15) is 9.59 Å². The van der Waals surface area contributed by atoms with E-state index in [1.807, 2.05) is 55.5 Å². The van der Waals surface area contributed by atoms with E-state index in [0.717, 1.165) is 28.2 Å². The summed E-state index contributed by atoms with van der Waals surface area (Å²) in [5.74, 6) is 0.817. The van der Waals surface area contributed by atoms with E-state index < -0.39 is 5.56 Å². The molecule has 0 aliphatic carbocycles. The molecule has 4 aromatic rings. The van der Waals surface area contributed by atoms with Crippen LogP contribution in [0.3, 0.4) is 0 Å². The summed E-state index contributed by atoms with van der Waals surface area (Å²) in [4.78, 5) is 29.7. The molecule has 0 saturated carbocycles. The average molecular weight is 401 g/mol. The van der Waals surface area contributed by atoms with Gasteiger partial charge in [-0.15, -0.1) is 0 Å². The van der Waals surface area contributed by atoms with Gasteiger partial charge in [0.15, 0.2) is 5.69 Å². The van der Waals surface area contributed by atoms with E-state index in [2.05, 4.69) is 10.1 Å². The van der Waals surface area contributed by atoms with Gasteiger partial charge in [-0.05, 0) is 30.7 Å². The first kappa shape index (κ1) is 17.5. The van der Waals surface area contributed by atoms with Crippen molar-refractivity contribution < 1.29 is 4.74 Å². The molecule has 1 aliphatic rings. The van der Waals surface area contributed by atoms with Crippen LogP contribution in [-0.2, 0) is 0 Å². The van der Waals surface area contributed by atoms with Crippen molar-refractivity contribution in [2.75, 3.05) is 0 Å². The number of nitrogens with zero attached hydrogens (tertiary/aromatic N) is 3. The highest BCUT2D eigenvalue weighted by molar-refractivity contribution is 7.15. The molecule has 5 rings (SSSR count). The van der Waals surface area contributed by atoms with Gasteiger partial charge in [0.2, 0.25) is 4.96 Å². The number of fused-ring (bicyclic) bond motifs is 2. The van der Waals surface area contributed by atoms with Crippen LogP contribution >= 0.6 is 11.3 Å². The fraction of sp³-hybridized carbons (Fsp3) is 0.0909. The Morgan fingerprint density at radius 3 is 2.66 bits per heavy atom. The standard InChI is InChI=1S/C22H15N3O3S/c1-13-16(11-15-9-5-6-10-17(15)28-13)12-18-21(27)25-22(29-18)23-20(26)19(24-25)14-7-3-2-4-8-14/h2-13H,1H3/b18-12-/t13-/m1/s1. The molecule has 29 heavy (non-hydrogen) atoms. The van der Waals surface area contributed by atoms with Gasteiger partial charge in [0.05, 0.1) is 4.53 Å². The van der Waals surface area contributed by atoms with Gasteiger partial charge < -0.3 is 4.74 Å². The molecule has 0 unspecified atom stereocenters. The molecular formula is C22H15N3O3S. The summed E-state index contributed by atoms with van der Waals surface area (Å²) in [5, 5.41) is 4.28. The van der Waals surface area contributed by atoms with Crippen LogP contribution in [0.15, 0.2) is 69.8 Å². The van der Waals surface area contributed by atoms with Crippen molar-refractivity contribution in [1.29, 1.82) is 0 Å². The molecule has 3 heterocycles. The Bertz CT molecular complexity index is 1440. The third-order valence-corrected chi connectivity index (χ3v) is 5.70. The van der Waals surface area contributed by atoms with E-state index in [4.69, 9.17) is 4.74 Å². The van der Waals surface area contributed by atoms with Gasteiger partial charge in [-0.2, -0.15) is 14.6 Å². The van der Waals surface area contributed by atoms with Crippen LogP contribution < -0.4 is 20.4 Å². The van der Waals surface area contributed by atoms with Gasteiger partial charge in [0.1, 0.15) is 11.9 Å². The fourth-order valence-electron chi connectivity index (χ4n) is 3.26. The van der Waals surface area contributed by atoms with Crippen LogP contribution in [0.5, 0.6) is 5.75 Å².